The lowest BCUT2D eigenvalue weighted by molar-refractivity contribution is -0.115. The Morgan fingerprint density at radius 3 is 2.65 bits per heavy atom. The first-order chi connectivity index (χ1) is 12.7. The summed E-state index contributed by atoms with van der Waals surface area (Å²) in [6.07, 6.45) is 4.43. The number of aromatic nitrogens is 1. The van der Waals surface area contributed by atoms with E-state index in [1.165, 1.54) is 11.1 Å². The van der Waals surface area contributed by atoms with Gasteiger partial charge in [0.1, 0.15) is 0 Å². The summed E-state index contributed by atoms with van der Waals surface area (Å²) in [5, 5.41) is 14.2. The van der Waals surface area contributed by atoms with E-state index in [1.54, 1.807) is 0 Å². The van der Waals surface area contributed by atoms with E-state index in [-0.39, 0.29) is 12.5 Å². The lowest BCUT2D eigenvalue weighted by atomic mass is 9.96. The van der Waals surface area contributed by atoms with Gasteiger partial charge >= 0.3 is 0 Å². The zero-order valence-corrected chi connectivity index (χ0v) is 16.3. The predicted octanol–water partition coefficient (Wildman–Crippen LogP) is 2.28. The van der Waals surface area contributed by atoms with Crippen molar-refractivity contribution in [2.75, 3.05) is 13.2 Å². The Morgan fingerprint density at radius 1 is 1.23 bits per heavy atom. The fourth-order valence-corrected chi connectivity index (χ4v) is 3.48. The first-order valence-corrected chi connectivity index (χ1v) is 9.52. The van der Waals surface area contributed by atoms with E-state index in [0.717, 1.165) is 46.7 Å². The highest BCUT2D eigenvalue weighted by Gasteiger charge is 2.19. The van der Waals surface area contributed by atoms with Gasteiger partial charge < -0.3 is 15.4 Å². The third-order valence-corrected chi connectivity index (χ3v) is 4.69. The smallest absolute Gasteiger partial charge is 0.247 e. The van der Waals surface area contributed by atoms with Crippen molar-refractivity contribution >= 4 is 17.6 Å². The molecule has 0 spiro atoms. The molecule has 0 unspecified atom stereocenters. The number of nitrogens with one attached hydrogen (secondary N) is 2. The summed E-state index contributed by atoms with van der Waals surface area (Å²) in [7, 11) is 0. The topological polar surface area (TPSA) is 65.1 Å². The maximum absolute atomic E-state index is 12.2. The number of hydrogen-bond acceptors (Lipinski definition) is 2. The van der Waals surface area contributed by atoms with Crippen LogP contribution in [-0.4, -0.2) is 29.1 Å². The van der Waals surface area contributed by atoms with Gasteiger partial charge in [-0.1, -0.05) is 44.2 Å². The number of carbonyl (C=O) groups excluding carboxylic acids is 1. The van der Waals surface area contributed by atoms with Crippen molar-refractivity contribution in [1.29, 1.82) is 0 Å². The number of fused-ring (bicyclic) bond motifs is 1. The number of carbonyl (C=O) groups is 1. The van der Waals surface area contributed by atoms with Crippen LogP contribution in [0.4, 0.5) is 0 Å². The number of aliphatic hydroxyl groups excluding tert-OH is 1. The number of benzene rings is 1. The van der Waals surface area contributed by atoms with Crippen LogP contribution in [0.1, 0.15) is 45.2 Å². The number of aliphatic hydroxyl groups is 1. The largest absolute Gasteiger partial charge is 0.396 e. The fourth-order valence-electron chi connectivity index (χ4n) is 3.48. The Balaban J connectivity index is 0.00000117. The van der Waals surface area contributed by atoms with Gasteiger partial charge in [0.2, 0.25) is 5.91 Å². The van der Waals surface area contributed by atoms with Gasteiger partial charge in [-0.05, 0) is 44.2 Å². The summed E-state index contributed by atoms with van der Waals surface area (Å²) in [6.45, 7) is 8.72. The fraction of sp³-hybridized carbons (Fsp3) is 0.409. The number of aryl methyl sites for hydroxylation is 1. The summed E-state index contributed by atoms with van der Waals surface area (Å²) in [5.74, 6) is 0.0102. The molecular weight excluding hydrogens is 324 g/mol. The van der Waals surface area contributed by atoms with Crippen LogP contribution in [-0.2, 0) is 17.6 Å². The second-order valence-corrected chi connectivity index (χ2v) is 6.17. The zero-order chi connectivity index (χ0) is 19.1. The minimum absolute atomic E-state index is 0.0102. The van der Waals surface area contributed by atoms with Gasteiger partial charge in [-0.15, -0.1) is 0 Å². The Kier molecular flexibility index (Phi) is 7.22. The van der Waals surface area contributed by atoms with E-state index in [4.69, 9.17) is 5.11 Å². The van der Waals surface area contributed by atoms with E-state index >= 15 is 0 Å². The Morgan fingerprint density at radius 2 is 1.96 bits per heavy atom. The average molecular weight is 354 g/mol. The lowest BCUT2D eigenvalue weighted by Gasteiger charge is -2.10. The third kappa shape index (κ3) is 3.91. The van der Waals surface area contributed by atoms with Gasteiger partial charge in [0.25, 0.3) is 0 Å². The van der Waals surface area contributed by atoms with Gasteiger partial charge in [0.05, 0.1) is 5.69 Å². The molecule has 4 nitrogen and oxygen atoms in total. The number of aromatic amines is 1. The Labute approximate surface area is 155 Å². The molecule has 4 heteroatoms. The van der Waals surface area contributed by atoms with Gasteiger partial charge in [0, 0.05) is 34.9 Å². The molecule has 140 valence electrons. The minimum Gasteiger partial charge on any atom is -0.396 e. The first-order valence-electron chi connectivity index (χ1n) is 9.52. The molecule has 1 aromatic heterocycles. The standard InChI is InChI=1S/C20H24N2O2.C2H6/c1-3-17-18-13(2)20(24)21-11-10-16(18)19(22-17)15-9-5-4-7-14(15)8-6-12-23;1-2/h3-5,7,9,22-23H,6,8,10-12H2,1-2H3,(H,21,24);1-2H3/b17-3+;. The van der Waals surface area contributed by atoms with Gasteiger partial charge in [-0.25, -0.2) is 0 Å². The van der Waals surface area contributed by atoms with Crippen LogP contribution in [0, 0.1) is 0 Å². The van der Waals surface area contributed by atoms with Crippen molar-refractivity contribution in [1.82, 2.24) is 10.3 Å². The summed E-state index contributed by atoms with van der Waals surface area (Å²) in [4.78, 5) is 15.7. The van der Waals surface area contributed by atoms with Crippen LogP contribution in [0.25, 0.3) is 22.9 Å². The van der Waals surface area contributed by atoms with Crippen LogP contribution >= 0.6 is 0 Å². The molecule has 0 saturated heterocycles. The molecule has 26 heavy (non-hydrogen) atoms. The van der Waals surface area contributed by atoms with E-state index in [0.29, 0.717) is 6.54 Å². The van der Waals surface area contributed by atoms with E-state index in [9.17, 15) is 4.79 Å². The second-order valence-electron chi connectivity index (χ2n) is 6.17. The molecule has 3 rings (SSSR count). The lowest BCUT2D eigenvalue weighted by Crippen LogP contribution is -2.30. The molecule has 0 aliphatic carbocycles. The van der Waals surface area contributed by atoms with E-state index in [1.807, 2.05) is 45.9 Å². The Hall–Kier alpha value is -2.33. The third-order valence-electron chi connectivity index (χ3n) is 4.69. The van der Waals surface area contributed by atoms with Crippen LogP contribution < -0.4 is 15.9 Å². The van der Waals surface area contributed by atoms with Crippen LogP contribution in [0.3, 0.4) is 0 Å². The van der Waals surface area contributed by atoms with E-state index in [2.05, 4.69) is 22.4 Å². The molecule has 2 heterocycles. The van der Waals surface area contributed by atoms with Gasteiger partial charge in [-0.3, -0.25) is 4.79 Å². The van der Waals surface area contributed by atoms with Crippen molar-refractivity contribution < 1.29 is 9.90 Å². The molecular formula is C22H30N2O2. The Bertz CT molecular complexity index is 878. The molecule has 0 saturated carbocycles. The number of H-pyrrole nitrogens is 1. The average Bonchev–Trinajstić information content (AvgIpc) is 2.98. The SMILES string of the molecule is C/C=c1/[nH]c(-c2ccccc2CCCO)c2c1=C(C)C(=O)NCC2.CC. The first kappa shape index (κ1) is 20.0. The normalized spacial score (nSPS) is 14.3. The van der Waals surface area contributed by atoms with Crippen molar-refractivity contribution in [3.05, 3.63) is 46.0 Å². The molecule has 0 atom stereocenters. The summed E-state index contributed by atoms with van der Waals surface area (Å²) < 4.78 is 0. The molecule has 0 radical (unpaired) electrons. The van der Waals surface area contributed by atoms with Crippen molar-refractivity contribution in [3.8, 4) is 11.3 Å². The molecule has 1 aliphatic rings. The maximum Gasteiger partial charge on any atom is 0.247 e. The van der Waals surface area contributed by atoms with Gasteiger partial charge in [0.15, 0.2) is 0 Å². The van der Waals surface area contributed by atoms with Crippen molar-refractivity contribution in [2.24, 2.45) is 0 Å². The predicted molar refractivity (Wildman–Crippen MR) is 108 cm³/mol. The maximum atomic E-state index is 12.2. The molecule has 1 aromatic carbocycles. The van der Waals surface area contributed by atoms with Crippen LogP contribution in [0.2, 0.25) is 0 Å². The molecule has 1 aliphatic heterocycles. The van der Waals surface area contributed by atoms with E-state index < -0.39 is 0 Å². The monoisotopic (exact) mass is 354 g/mol. The van der Waals surface area contributed by atoms with Crippen molar-refractivity contribution in [2.45, 2.75) is 47.0 Å². The van der Waals surface area contributed by atoms with Crippen molar-refractivity contribution in [3.63, 3.8) is 0 Å². The second kappa shape index (κ2) is 9.39. The summed E-state index contributed by atoms with van der Waals surface area (Å²) >= 11 is 0. The summed E-state index contributed by atoms with van der Waals surface area (Å²) in [6, 6.07) is 8.31. The van der Waals surface area contributed by atoms with Crippen LogP contribution in [0.5, 0.6) is 0 Å². The molecule has 3 N–H and O–H groups in total. The highest BCUT2D eigenvalue weighted by Crippen LogP contribution is 2.25. The number of amides is 1. The summed E-state index contributed by atoms with van der Waals surface area (Å²) in [5.41, 5.74) is 5.46. The highest BCUT2D eigenvalue weighted by molar-refractivity contribution is 6.13. The molecule has 0 fully saturated rings. The molecule has 2 aromatic rings. The minimum atomic E-state index is 0.0102. The zero-order valence-electron chi connectivity index (χ0n) is 16.3. The number of hydrogen-bond donors (Lipinski definition) is 3. The quantitative estimate of drug-likeness (QED) is 0.789. The molecule has 0 bridgehead atoms. The molecule has 1 amide bonds. The number of rotatable bonds is 4. The van der Waals surface area contributed by atoms with Crippen LogP contribution in [0.15, 0.2) is 24.3 Å². The van der Waals surface area contributed by atoms with Gasteiger partial charge in [-0.2, -0.15) is 0 Å². The highest BCUT2D eigenvalue weighted by atomic mass is 16.2.